The van der Waals surface area contributed by atoms with E-state index in [9.17, 15) is 17.6 Å². The number of carbonyl (C=O) groups is 1. The van der Waals surface area contributed by atoms with Crippen LogP contribution < -0.4 is 10.6 Å². The highest BCUT2D eigenvalue weighted by atomic mass is 32.2. The second kappa shape index (κ2) is 9.16. The number of hydrogen-bond acceptors (Lipinski definition) is 3. The minimum Gasteiger partial charge on any atom is -0.334 e. The number of amides is 2. The van der Waals surface area contributed by atoms with E-state index in [1.807, 2.05) is 0 Å². The Kier molecular flexibility index (Phi) is 6.64. The lowest BCUT2D eigenvalue weighted by Gasteiger charge is -2.25. The van der Waals surface area contributed by atoms with Crippen LogP contribution in [0.25, 0.3) is 0 Å². The van der Waals surface area contributed by atoms with E-state index in [0.717, 1.165) is 24.8 Å². The molecule has 6 nitrogen and oxygen atoms in total. The van der Waals surface area contributed by atoms with Crippen LogP contribution in [0.5, 0.6) is 0 Å². The van der Waals surface area contributed by atoms with Crippen molar-refractivity contribution in [3.05, 3.63) is 65.5 Å². The van der Waals surface area contributed by atoms with Crippen molar-refractivity contribution in [2.45, 2.75) is 37.2 Å². The van der Waals surface area contributed by atoms with Gasteiger partial charge in [0.05, 0.1) is 4.90 Å². The van der Waals surface area contributed by atoms with E-state index in [1.165, 1.54) is 10.4 Å². The molecule has 0 spiro atoms. The van der Waals surface area contributed by atoms with Crippen LogP contribution in [-0.2, 0) is 23.1 Å². The zero-order valence-corrected chi connectivity index (χ0v) is 16.3. The largest absolute Gasteiger partial charge is 0.334 e. The van der Waals surface area contributed by atoms with Crippen LogP contribution in [0.15, 0.2) is 53.4 Å². The maximum Gasteiger partial charge on any atom is 0.315 e. The van der Waals surface area contributed by atoms with E-state index < -0.39 is 16.1 Å². The van der Waals surface area contributed by atoms with Gasteiger partial charge in [0, 0.05) is 31.7 Å². The molecule has 0 bridgehead atoms. The zero-order valence-electron chi connectivity index (χ0n) is 15.5. The summed E-state index contributed by atoms with van der Waals surface area (Å²) < 4.78 is 40.3. The summed E-state index contributed by atoms with van der Waals surface area (Å²) in [5, 5.41) is 5.27. The molecule has 1 saturated heterocycles. The van der Waals surface area contributed by atoms with Crippen LogP contribution in [0.3, 0.4) is 0 Å². The van der Waals surface area contributed by atoms with Crippen molar-refractivity contribution in [3.63, 3.8) is 0 Å². The Hall–Kier alpha value is -2.45. The molecule has 2 N–H and O–H groups in total. The summed E-state index contributed by atoms with van der Waals surface area (Å²) in [6.45, 7) is 1.46. The third-order valence-corrected chi connectivity index (χ3v) is 6.64. The van der Waals surface area contributed by atoms with Crippen molar-refractivity contribution >= 4 is 16.1 Å². The number of nitrogens with zero attached hydrogens (tertiary/aromatic N) is 1. The molecule has 2 amide bonds. The van der Waals surface area contributed by atoms with Crippen molar-refractivity contribution in [1.82, 2.24) is 14.9 Å². The van der Waals surface area contributed by atoms with Crippen LogP contribution in [0.2, 0.25) is 0 Å². The molecule has 0 unspecified atom stereocenters. The lowest BCUT2D eigenvalue weighted by molar-refractivity contribution is 0.240. The average molecular weight is 405 g/mol. The van der Waals surface area contributed by atoms with Gasteiger partial charge < -0.3 is 10.6 Å². The summed E-state index contributed by atoms with van der Waals surface area (Å²) in [6, 6.07) is 12.3. The number of halogens is 1. The minimum atomic E-state index is -3.46. The third-order valence-electron chi connectivity index (χ3n) is 4.73. The van der Waals surface area contributed by atoms with E-state index in [4.69, 9.17) is 0 Å². The molecule has 150 valence electrons. The number of rotatable bonds is 6. The fraction of sp³-hybridized carbons (Fsp3) is 0.350. The molecular formula is C20H24FN3O3S. The standard InChI is InChI=1S/C20H24FN3O3S/c21-19-7-3-2-6-17(19)15-23-20(25)22-14-16-8-10-18(11-9-16)28(26,27)24-12-4-1-5-13-24/h2-3,6-11H,1,4-5,12-15H2,(H2,22,23,25). The number of benzene rings is 2. The van der Waals surface area contributed by atoms with E-state index in [2.05, 4.69) is 10.6 Å². The maximum absolute atomic E-state index is 13.5. The van der Waals surface area contributed by atoms with E-state index >= 15 is 0 Å². The first-order valence-corrected chi connectivity index (χ1v) is 10.7. The van der Waals surface area contributed by atoms with E-state index in [0.29, 0.717) is 18.7 Å². The molecule has 2 aromatic carbocycles. The van der Waals surface area contributed by atoms with Gasteiger partial charge >= 0.3 is 6.03 Å². The van der Waals surface area contributed by atoms with Crippen molar-refractivity contribution in [3.8, 4) is 0 Å². The molecule has 0 radical (unpaired) electrons. The first-order chi connectivity index (χ1) is 13.5. The summed E-state index contributed by atoms with van der Waals surface area (Å²) in [6.07, 6.45) is 2.85. The Morgan fingerprint density at radius 3 is 2.25 bits per heavy atom. The number of hydrogen-bond donors (Lipinski definition) is 2. The van der Waals surface area contributed by atoms with Crippen LogP contribution in [0, 0.1) is 5.82 Å². The van der Waals surface area contributed by atoms with E-state index in [1.54, 1.807) is 42.5 Å². The zero-order chi connectivity index (χ0) is 20.0. The molecule has 1 heterocycles. The molecule has 1 fully saturated rings. The maximum atomic E-state index is 13.5. The molecule has 0 saturated carbocycles. The average Bonchev–Trinajstić information content (AvgIpc) is 2.72. The summed E-state index contributed by atoms with van der Waals surface area (Å²) in [5.41, 5.74) is 1.18. The van der Waals surface area contributed by atoms with Gasteiger partial charge in [0.25, 0.3) is 0 Å². The number of nitrogens with one attached hydrogen (secondary N) is 2. The first kappa shape index (κ1) is 20.3. The molecule has 3 rings (SSSR count). The number of urea groups is 1. The molecule has 0 aliphatic carbocycles. The van der Waals surface area contributed by atoms with Crippen molar-refractivity contribution in [2.24, 2.45) is 0 Å². The Morgan fingerprint density at radius 1 is 0.929 bits per heavy atom. The summed E-state index contributed by atoms with van der Waals surface area (Å²) in [4.78, 5) is 12.2. The number of piperidine rings is 1. The second-order valence-electron chi connectivity index (χ2n) is 6.74. The smallest absolute Gasteiger partial charge is 0.315 e. The molecule has 2 aromatic rings. The van der Waals surface area contributed by atoms with Crippen molar-refractivity contribution < 1.29 is 17.6 Å². The summed E-state index contributed by atoms with van der Waals surface area (Å²) in [5.74, 6) is -0.367. The minimum absolute atomic E-state index is 0.0888. The Morgan fingerprint density at radius 2 is 1.57 bits per heavy atom. The molecule has 0 atom stereocenters. The van der Waals surface area contributed by atoms with Gasteiger partial charge in [-0.3, -0.25) is 0 Å². The predicted molar refractivity (Wildman–Crippen MR) is 105 cm³/mol. The van der Waals surface area contributed by atoms with Gasteiger partial charge in [-0.25, -0.2) is 17.6 Å². The van der Waals surface area contributed by atoms with Gasteiger partial charge in [-0.1, -0.05) is 36.8 Å². The van der Waals surface area contributed by atoms with Crippen molar-refractivity contribution in [2.75, 3.05) is 13.1 Å². The van der Waals surface area contributed by atoms with E-state index in [-0.39, 0.29) is 23.8 Å². The fourth-order valence-electron chi connectivity index (χ4n) is 3.10. The predicted octanol–water partition coefficient (Wildman–Crippen LogP) is 3.00. The second-order valence-corrected chi connectivity index (χ2v) is 8.67. The molecule has 1 aliphatic heterocycles. The highest BCUT2D eigenvalue weighted by molar-refractivity contribution is 7.89. The van der Waals surface area contributed by atoms with Crippen molar-refractivity contribution in [1.29, 1.82) is 0 Å². The number of sulfonamides is 1. The van der Waals surface area contributed by atoms with Gasteiger partial charge in [0.15, 0.2) is 0 Å². The molecule has 28 heavy (non-hydrogen) atoms. The highest BCUT2D eigenvalue weighted by Crippen LogP contribution is 2.20. The van der Waals surface area contributed by atoms with Gasteiger partial charge in [-0.05, 0) is 36.6 Å². The van der Waals surface area contributed by atoms with Gasteiger partial charge in [-0.15, -0.1) is 0 Å². The topological polar surface area (TPSA) is 78.5 Å². The molecule has 1 aliphatic rings. The van der Waals surface area contributed by atoms with Gasteiger partial charge in [-0.2, -0.15) is 4.31 Å². The normalized spacial score (nSPS) is 15.2. The third kappa shape index (κ3) is 5.08. The van der Waals surface area contributed by atoms with Crippen LogP contribution >= 0.6 is 0 Å². The lowest BCUT2D eigenvalue weighted by Crippen LogP contribution is -2.35. The quantitative estimate of drug-likeness (QED) is 0.776. The van der Waals surface area contributed by atoms with Gasteiger partial charge in [0.1, 0.15) is 5.82 Å². The Labute approximate surface area is 164 Å². The monoisotopic (exact) mass is 405 g/mol. The fourth-order valence-corrected chi connectivity index (χ4v) is 4.61. The number of carbonyl (C=O) groups excluding carboxylic acids is 1. The lowest BCUT2D eigenvalue weighted by atomic mass is 10.2. The van der Waals surface area contributed by atoms with Crippen LogP contribution in [0.1, 0.15) is 30.4 Å². The molecular weight excluding hydrogens is 381 g/mol. The van der Waals surface area contributed by atoms with Gasteiger partial charge in [0.2, 0.25) is 10.0 Å². The Bertz CT molecular complexity index is 911. The van der Waals surface area contributed by atoms with Crippen LogP contribution in [0.4, 0.5) is 9.18 Å². The molecule has 0 aromatic heterocycles. The molecule has 8 heteroatoms. The summed E-state index contributed by atoms with van der Waals surface area (Å²) in [7, 11) is -3.46. The SMILES string of the molecule is O=C(NCc1ccc(S(=O)(=O)N2CCCCC2)cc1)NCc1ccccc1F. The summed E-state index contributed by atoms with van der Waals surface area (Å²) >= 11 is 0. The van der Waals surface area contributed by atoms with Crippen LogP contribution in [-0.4, -0.2) is 31.8 Å². The first-order valence-electron chi connectivity index (χ1n) is 9.31. The highest BCUT2D eigenvalue weighted by Gasteiger charge is 2.25. The Balaban J connectivity index is 1.51.